The SMILES string of the molecule is O=C(N1CCC(O)(Cn2cnc(N3CCCC3)cc2=O)C2(CCCC2)C1)N1CCOCC1c1ccccc1. The van der Waals surface area contributed by atoms with Crippen LogP contribution in [0.3, 0.4) is 0 Å². The van der Waals surface area contributed by atoms with Gasteiger partial charge in [-0.25, -0.2) is 9.78 Å². The molecule has 3 saturated heterocycles. The van der Waals surface area contributed by atoms with Crippen molar-refractivity contribution in [2.24, 2.45) is 5.41 Å². The molecule has 1 aliphatic carbocycles. The van der Waals surface area contributed by atoms with Crippen LogP contribution in [0, 0.1) is 5.41 Å². The largest absolute Gasteiger partial charge is 0.387 e. The van der Waals surface area contributed by atoms with Gasteiger partial charge in [0.2, 0.25) is 0 Å². The number of morpholine rings is 1. The number of carbonyl (C=O) groups is 1. The smallest absolute Gasteiger partial charge is 0.320 e. The number of likely N-dealkylation sites (tertiary alicyclic amines) is 1. The fourth-order valence-corrected chi connectivity index (χ4v) is 7.16. The Bertz CT molecular complexity index is 1190. The molecule has 0 radical (unpaired) electrons. The van der Waals surface area contributed by atoms with Crippen LogP contribution in [0.5, 0.6) is 0 Å². The molecule has 204 valence electrons. The number of anilines is 1. The third kappa shape index (κ3) is 4.60. The first kappa shape index (κ1) is 25.4. The number of carbonyl (C=O) groups excluding carboxylic acids is 1. The monoisotopic (exact) mass is 521 g/mol. The molecule has 1 spiro atoms. The number of nitrogens with zero attached hydrogens (tertiary/aromatic N) is 5. The number of urea groups is 1. The Morgan fingerprint density at radius 1 is 1.03 bits per heavy atom. The number of benzene rings is 1. The molecule has 4 heterocycles. The number of ether oxygens (including phenoxy) is 1. The second-order valence-corrected chi connectivity index (χ2v) is 11.6. The summed E-state index contributed by atoms with van der Waals surface area (Å²) in [5, 5.41) is 12.2. The highest BCUT2D eigenvalue weighted by Crippen LogP contribution is 2.51. The van der Waals surface area contributed by atoms with E-state index in [0.717, 1.165) is 63.0 Å². The summed E-state index contributed by atoms with van der Waals surface area (Å²) in [5.74, 6) is 0.727. The summed E-state index contributed by atoms with van der Waals surface area (Å²) >= 11 is 0. The fourth-order valence-electron chi connectivity index (χ4n) is 7.16. The van der Waals surface area contributed by atoms with Gasteiger partial charge < -0.3 is 24.5 Å². The van der Waals surface area contributed by atoms with Crippen LogP contribution in [0.1, 0.15) is 56.6 Å². The van der Waals surface area contributed by atoms with Crippen LogP contribution in [0.2, 0.25) is 0 Å². The summed E-state index contributed by atoms with van der Waals surface area (Å²) in [6.45, 7) is 4.62. The van der Waals surface area contributed by atoms with E-state index >= 15 is 0 Å². The molecule has 3 aliphatic heterocycles. The number of aromatic nitrogens is 2. The lowest BCUT2D eigenvalue weighted by Gasteiger charge is -2.53. The summed E-state index contributed by atoms with van der Waals surface area (Å²) < 4.78 is 7.33. The Labute approximate surface area is 224 Å². The van der Waals surface area contributed by atoms with Gasteiger partial charge in [0.05, 0.1) is 37.7 Å². The van der Waals surface area contributed by atoms with Gasteiger partial charge in [0.15, 0.2) is 0 Å². The van der Waals surface area contributed by atoms with Gasteiger partial charge in [-0.05, 0) is 37.7 Å². The molecular weight excluding hydrogens is 482 g/mol. The Hall–Kier alpha value is -2.91. The lowest BCUT2D eigenvalue weighted by Crippen LogP contribution is -2.64. The van der Waals surface area contributed by atoms with Crippen LogP contribution in [0.15, 0.2) is 47.5 Å². The van der Waals surface area contributed by atoms with Crippen LogP contribution in [-0.4, -0.2) is 82.0 Å². The molecule has 2 aromatic rings. The van der Waals surface area contributed by atoms with Crippen molar-refractivity contribution in [1.29, 1.82) is 0 Å². The van der Waals surface area contributed by atoms with E-state index in [1.807, 2.05) is 40.1 Å². The predicted octanol–water partition coefficient (Wildman–Crippen LogP) is 3.03. The number of aliphatic hydroxyl groups is 1. The highest BCUT2D eigenvalue weighted by molar-refractivity contribution is 5.75. The number of hydrogen-bond donors (Lipinski definition) is 1. The maximum absolute atomic E-state index is 13.9. The minimum atomic E-state index is -1.06. The van der Waals surface area contributed by atoms with Gasteiger partial charge in [-0.15, -0.1) is 0 Å². The zero-order valence-electron chi connectivity index (χ0n) is 22.1. The molecule has 4 aliphatic rings. The molecule has 0 bridgehead atoms. The van der Waals surface area contributed by atoms with E-state index in [1.165, 1.54) is 0 Å². The van der Waals surface area contributed by atoms with E-state index in [1.54, 1.807) is 17.0 Å². The van der Waals surface area contributed by atoms with Gasteiger partial charge >= 0.3 is 6.03 Å². The maximum atomic E-state index is 13.9. The Kier molecular flexibility index (Phi) is 6.90. The van der Waals surface area contributed by atoms with Crippen molar-refractivity contribution in [2.45, 2.75) is 63.1 Å². The first-order chi connectivity index (χ1) is 18.5. The topological polar surface area (TPSA) is 91.1 Å². The molecule has 38 heavy (non-hydrogen) atoms. The third-order valence-electron chi connectivity index (χ3n) is 9.39. The van der Waals surface area contributed by atoms with Crippen LogP contribution in [0.25, 0.3) is 0 Å². The van der Waals surface area contributed by atoms with E-state index < -0.39 is 11.0 Å². The van der Waals surface area contributed by atoms with Crippen LogP contribution < -0.4 is 10.5 Å². The lowest BCUT2D eigenvalue weighted by molar-refractivity contribution is -0.137. The van der Waals surface area contributed by atoms with E-state index in [4.69, 9.17) is 4.74 Å². The highest BCUT2D eigenvalue weighted by atomic mass is 16.5. The molecule has 1 aromatic heterocycles. The predicted molar refractivity (Wildman–Crippen MR) is 144 cm³/mol. The van der Waals surface area contributed by atoms with E-state index in [-0.39, 0.29) is 24.2 Å². The zero-order valence-corrected chi connectivity index (χ0v) is 22.1. The maximum Gasteiger partial charge on any atom is 0.320 e. The number of hydrogen-bond acceptors (Lipinski definition) is 6. The molecule has 9 nitrogen and oxygen atoms in total. The van der Waals surface area contributed by atoms with Gasteiger partial charge in [-0.2, -0.15) is 0 Å². The molecule has 1 saturated carbocycles. The van der Waals surface area contributed by atoms with E-state index in [2.05, 4.69) is 9.88 Å². The van der Waals surface area contributed by atoms with Crippen LogP contribution in [0.4, 0.5) is 10.6 Å². The number of piperidine rings is 1. The van der Waals surface area contributed by atoms with Gasteiger partial charge in [0.25, 0.3) is 5.56 Å². The van der Waals surface area contributed by atoms with Crippen LogP contribution in [-0.2, 0) is 11.3 Å². The van der Waals surface area contributed by atoms with Gasteiger partial charge in [0, 0.05) is 44.2 Å². The molecule has 4 fully saturated rings. The van der Waals surface area contributed by atoms with Crippen molar-refractivity contribution in [2.75, 3.05) is 50.8 Å². The molecule has 9 heteroatoms. The summed E-state index contributed by atoms with van der Waals surface area (Å²) in [6, 6.07) is 11.6. The second kappa shape index (κ2) is 10.3. The van der Waals surface area contributed by atoms with Gasteiger partial charge in [-0.1, -0.05) is 43.2 Å². The standard InChI is InChI=1S/C29H39N5O4/c35-26-18-25(31-13-6-7-14-31)30-22-33(26)21-29(37)12-15-32(20-28(29)10-4-5-11-28)27(36)34-16-17-38-19-24(34)23-8-2-1-3-9-23/h1-3,8-9,18,22,24,37H,4-7,10-17,19-21H2. The zero-order chi connectivity index (χ0) is 26.2. The molecule has 6 rings (SSSR count). The summed E-state index contributed by atoms with van der Waals surface area (Å²) in [7, 11) is 0. The number of amides is 2. The average Bonchev–Trinajstić information content (AvgIpc) is 3.66. The third-order valence-corrected chi connectivity index (χ3v) is 9.39. The molecule has 1 aromatic carbocycles. The number of rotatable bonds is 4. The first-order valence-corrected chi connectivity index (χ1v) is 14.2. The van der Waals surface area contributed by atoms with Crippen molar-refractivity contribution in [3.63, 3.8) is 0 Å². The van der Waals surface area contributed by atoms with Gasteiger partial charge in [-0.3, -0.25) is 9.36 Å². The van der Waals surface area contributed by atoms with E-state index in [0.29, 0.717) is 39.3 Å². The van der Waals surface area contributed by atoms with Crippen LogP contribution >= 0.6 is 0 Å². The van der Waals surface area contributed by atoms with Crippen molar-refractivity contribution in [1.82, 2.24) is 19.4 Å². The molecule has 2 atom stereocenters. The Morgan fingerprint density at radius 3 is 2.53 bits per heavy atom. The summed E-state index contributed by atoms with van der Waals surface area (Å²) in [6.07, 6.45) is 8.05. The summed E-state index contributed by atoms with van der Waals surface area (Å²) in [5.41, 5.74) is -0.539. The average molecular weight is 522 g/mol. The van der Waals surface area contributed by atoms with Crippen molar-refractivity contribution < 1.29 is 14.6 Å². The quantitative estimate of drug-likeness (QED) is 0.665. The van der Waals surface area contributed by atoms with E-state index in [9.17, 15) is 14.7 Å². The van der Waals surface area contributed by atoms with Crippen molar-refractivity contribution in [3.05, 3.63) is 58.6 Å². The van der Waals surface area contributed by atoms with Crippen molar-refractivity contribution in [3.8, 4) is 0 Å². The summed E-state index contributed by atoms with van der Waals surface area (Å²) in [4.78, 5) is 37.6. The molecule has 2 amide bonds. The van der Waals surface area contributed by atoms with Gasteiger partial charge in [0.1, 0.15) is 5.82 Å². The first-order valence-electron chi connectivity index (χ1n) is 14.2. The van der Waals surface area contributed by atoms with Crippen molar-refractivity contribution >= 4 is 11.8 Å². The minimum absolute atomic E-state index is 0.0178. The minimum Gasteiger partial charge on any atom is -0.387 e. The second-order valence-electron chi connectivity index (χ2n) is 11.6. The fraction of sp³-hybridized carbons (Fsp3) is 0.621. The molecule has 1 N–H and O–H groups in total. The molecular formula is C29H39N5O4. The highest BCUT2D eigenvalue weighted by Gasteiger charge is 2.56. The molecule has 2 unspecified atom stereocenters. The Balaban J connectivity index is 1.21. The normalized spacial score (nSPS) is 27.3. The Morgan fingerprint density at radius 2 is 1.79 bits per heavy atom. The lowest BCUT2D eigenvalue weighted by atomic mass is 9.66.